The Morgan fingerprint density at radius 2 is 1.68 bits per heavy atom. The van der Waals surface area contributed by atoms with E-state index in [1.165, 1.54) is 0 Å². The number of carbonyl (C=O) groups excluding carboxylic acids is 2. The molecule has 2 aromatic rings. The molecule has 0 saturated carbocycles. The van der Waals surface area contributed by atoms with Gasteiger partial charge in [0.15, 0.2) is 0 Å². The highest BCUT2D eigenvalue weighted by Gasteiger charge is 2.07. The zero-order valence-electron chi connectivity index (χ0n) is 10.0. The molecule has 2 aromatic carbocycles. The summed E-state index contributed by atoms with van der Waals surface area (Å²) in [6.07, 6.45) is 1.75. The van der Waals surface area contributed by atoms with E-state index >= 15 is 0 Å². The highest BCUT2D eigenvalue weighted by Crippen LogP contribution is 2.15. The number of carbonyl (C=O) groups is 1. The van der Waals surface area contributed by atoms with Gasteiger partial charge in [0.2, 0.25) is 13.1 Å². The lowest BCUT2D eigenvalue weighted by atomic mass is 10.2. The number of ether oxygens (including phenoxy) is 2. The third-order valence-electron chi connectivity index (χ3n) is 2.41. The SMILES string of the molecule is O=[C]c1ccccc1OCOC(=O)c1ccccc1. The Bertz CT molecular complexity index is 563. The predicted octanol–water partition coefficient (Wildman–Crippen LogP) is 2.34. The summed E-state index contributed by atoms with van der Waals surface area (Å²) in [6.45, 7) is -0.258. The molecule has 0 fully saturated rings. The Balaban J connectivity index is 1.90. The molecule has 0 aliphatic carbocycles. The zero-order chi connectivity index (χ0) is 13.5. The summed E-state index contributed by atoms with van der Waals surface area (Å²) >= 11 is 0. The largest absolute Gasteiger partial charge is 0.457 e. The lowest BCUT2D eigenvalue weighted by Gasteiger charge is -2.08. The van der Waals surface area contributed by atoms with Gasteiger partial charge < -0.3 is 9.47 Å². The van der Waals surface area contributed by atoms with Crippen molar-refractivity contribution in [3.05, 3.63) is 65.7 Å². The number of esters is 1. The lowest BCUT2D eigenvalue weighted by Crippen LogP contribution is -2.11. The summed E-state index contributed by atoms with van der Waals surface area (Å²) in [7, 11) is 0. The van der Waals surface area contributed by atoms with Crippen LogP contribution in [0.5, 0.6) is 5.75 Å². The minimum Gasteiger partial charge on any atom is -0.457 e. The molecular weight excluding hydrogens is 244 g/mol. The fourth-order valence-electron chi connectivity index (χ4n) is 1.48. The predicted molar refractivity (Wildman–Crippen MR) is 68.6 cm³/mol. The topological polar surface area (TPSA) is 52.6 Å². The zero-order valence-corrected chi connectivity index (χ0v) is 10.0. The quantitative estimate of drug-likeness (QED) is 0.608. The molecule has 4 heteroatoms. The lowest BCUT2D eigenvalue weighted by molar-refractivity contribution is 0.0153. The van der Waals surface area contributed by atoms with Crippen molar-refractivity contribution < 1.29 is 19.1 Å². The van der Waals surface area contributed by atoms with Crippen LogP contribution >= 0.6 is 0 Å². The van der Waals surface area contributed by atoms with Crippen LogP contribution in [0.3, 0.4) is 0 Å². The van der Waals surface area contributed by atoms with Gasteiger partial charge in [-0.05, 0) is 24.3 Å². The third kappa shape index (κ3) is 3.42. The molecule has 95 valence electrons. The second-order valence-electron chi connectivity index (χ2n) is 3.66. The van der Waals surface area contributed by atoms with Crippen molar-refractivity contribution in [3.8, 4) is 5.75 Å². The fourth-order valence-corrected chi connectivity index (χ4v) is 1.48. The van der Waals surface area contributed by atoms with Gasteiger partial charge in [-0.3, -0.25) is 4.79 Å². The van der Waals surface area contributed by atoms with Crippen LogP contribution in [0.2, 0.25) is 0 Å². The van der Waals surface area contributed by atoms with Crippen LogP contribution in [-0.4, -0.2) is 19.0 Å². The van der Waals surface area contributed by atoms with Crippen molar-refractivity contribution in [3.63, 3.8) is 0 Å². The average Bonchev–Trinajstić information content (AvgIpc) is 2.48. The molecule has 1 radical (unpaired) electrons. The molecule has 19 heavy (non-hydrogen) atoms. The first kappa shape index (κ1) is 12.8. The number of rotatable bonds is 5. The average molecular weight is 255 g/mol. The molecule has 4 nitrogen and oxygen atoms in total. The molecule has 0 aromatic heterocycles. The number of para-hydroxylation sites is 1. The minimum absolute atomic E-state index is 0.258. The van der Waals surface area contributed by atoms with Gasteiger partial charge in [0.05, 0.1) is 11.1 Å². The van der Waals surface area contributed by atoms with Gasteiger partial charge in [0, 0.05) is 0 Å². The maximum atomic E-state index is 11.6. The summed E-state index contributed by atoms with van der Waals surface area (Å²) < 4.78 is 10.2. The Morgan fingerprint density at radius 3 is 2.42 bits per heavy atom. The summed E-state index contributed by atoms with van der Waals surface area (Å²) in [4.78, 5) is 22.2. The van der Waals surface area contributed by atoms with E-state index in [-0.39, 0.29) is 6.79 Å². The van der Waals surface area contributed by atoms with Crippen LogP contribution in [0.25, 0.3) is 0 Å². The highest BCUT2D eigenvalue weighted by atomic mass is 16.7. The Hall–Kier alpha value is -2.62. The maximum absolute atomic E-state index is 11.6. The molecule has 0 saturated heterocycles. The monoisotopic (exact) mass is 255 g/mol. The van der Waals surface area contributed by atoms with E-state index in [9.17, 15) is 9.59 Å². The molecule has 0 bridgehead atoms. The van der Waals surface area contributed by atoms with E-state index in [1.54, 1.807) is 54.8 Å². The van der Waals surface area contributed by atoms with Crippen LogP contribution in [0.4, 0.5) is 0 Å². The molecule has 0 N–H and O–H groups in total. The first-order chi connectivity index (χ1) is 9.31. The standard InChI is InChI=1S/C15H11O4/c16-10-13-8-4-5-9-14(13)18-11-19-15(17)12-6-2-1-3-7-12/h1-9H,11H2. The first-order valence-electron chi connectivity index (χ1n) is 5.63. The van der Waals surface area contributed by atoms with E-state index in [4.69, 9.17) is 9.47 Å². The van der Waals surface area contributed by atoms with Gasteiger partial charge in [0.1, 0.15) is 5.75 Å². The van der Waals surface area contributed by atoms with Crippen LogP contribution in [0, 0.1) is 0 Å². The molecule has 0 heterocycles. The fraction of sp³-hybridized carbons (Fsp3) is 0.0667. The van der Waals surface area contributed by atoms with E-state index in [1.807, 2.05) is 6.07 Å². The molecule has 0 spiro atoms. The van der Waals surface area contributed by atoms with Crippen molar-refractivity contribution in [2.24, 2.45) is 0 Å². The summed E-state index contributed by atoms with van der Waals surface area (Å²) in [5, 5.41) is 0. The van der Waals surface area contributed by atoms with Gasteiger partial charge in [-0.25, -0.2) is 4.79 Å². The van der Waals surface area contributed by atoms with E-state index in [2.05, 4.69) is 0 Å². The summed E-state index contributed by atoms with van der Waals surface area (Å²) in [5.74, 6) is -0.147. The van der Waals surface area contributed by atoms with Gasteiger partial charge in [-0.1, -0.05) is 30.3 Å². The minimum atomic E-state index is -0.479. The number of hydrogen-bond donors (Lipinski definition) is 0. The molecule has 0 amide bonds. The van der Waals surface area contributed by atoms with Crippen molar-refractivity contribution >= 4 is 12.3 Å². The summed E-state index contributed by atoms with van der Waals surface area (Å²) in [5.41, 5.74) is 0.736. The normalized spacial score (nSPS) is 9.68. The van der Waals surface area contributed by atoms with Gasteiger partial charge in [-0.2, -0.15) is 0 Å². The van der Waals surface area contributed by atoms with Crippen molar-refractivity contribution in [1.82, 2.24) is 0 Å². The Morgan fingerprint density at radius 1 is 1.00 bits per heavy atom. The van der Waals surface area contributed by atoms with Crippen LogP contribution in [0.15, 0.2) is 54.6 Å². The summed E-state index contributed by atoms with van der Waals surface area (Å²) in [6, 6.07) is 15.2. The molecular formula is C15H11O4. The second kappa shape index (κ2) is 6.35. The highest BCUT2D eigenvalue weighted by molar-refractivity contribution is 5.89. The van der Waals surface area contributed by atoms with Gasteiger partial charge >= 0.3 is 5.97 Å². The smallest absolute Gasteiger partial charge is 0.340 e. The van der Waals surface area contributed by atoms with Crippen molar-refractivity contribution in [1.29, 1.82) is 0 Å². The molecule has 2 rings (SSSR count). The van der Waals surface area contributed by atoms with Crippen LogP contribution in [0.1, 0.15) is 15.9 Å². The third-order valence-corrected chi connectivity index (χ3v) is 2.41. The van der Waals surface area contributed by atoms with Crippen LogP contribution < -0.4 is 4.74 Å². The Labute approximate surface area is 110 Å². The van der Waals surface area contributed by atoms with Crippen molar-refractivity contribution in [2.75, 3.05) is 6.79 Å². The van der Waals surface area contributed by atoms with Crippen LogP contribution in [-0.2, 0) is 9.53 Å². The van der Waals surface area contributed by atoms with Crippen molar-refractivity contribution in [2.45, 2.75) is 0 Å². The maximum Gasteiger partial charge on any atom is 0.340 e. The van der Waals surface area contributed by atoms with Gasteiger partial charge in [-0.15, -0.1) is 0 Å². The molecule has 0 unspecified atom stereocenters. The molecule has 0 aliphatic heterocycles. The Kier molecular flexibility index (Phi) is 4.29. The second-order valence-corrected chi connectivity index (χ2v) is 3.66. The first-order valence-corrected chi connectivity index (χ1v) is 5.63. The number of benzene rings is 2. The number of hydrogen-bond acceptors (Lipinski definition) is 4. The molecule has 0 aliphatic rings. The van der Waals surface area contributed by atoms with E-state index in [0.717, 1.165) is 0 Å². The van der Waals surface area contributed by atoms with Gasteiger partial charge in [0.25, 0.3) is 0 Å². The van der Waals surface area contributed by atoms with E-state index in [0.29, 0.717) is 16.9 Å². The molecule has 0 atom stereocenters. The van der Waals surface area contributed by atoms with E-state index < -0.39 is 5.97 Å².